The molecule has 0 aliphatic rings. The van der Waals surface area contributed by atoms with E-state index in [1.54, 1.807) is 0 Å². The topological polar surface area (TPSA) is 0 Å². The molecule has 4 radical (unpaired) electrons. The maximum absolute atomic E-state index is 4.78. The van der Waals surface area contributed by atoms with E-state index in [1.165, 1.54) is 0 Å². The summed E-state index contributed by atoms with van der Waals surface area (Å²) in [6.45, 7) is 23.8. The van der Waals surface area contributed by atoms with Crippen molar-refractivity contribution in [1.29, 1.82) is 0 Å². The van der Waals surface area contributed by atoms with E-state index in [0.29, 0.717) is 22.3 Å². The standard InChI is InChI=1S/2C4H10S.2C4H9.Sn/c2*1-3-4(2)5;2*1-4(2)3;/h2*4-5H,3H2,1-2H3;2*4H,1H2,2-3H3;/q;;;;+2/p-2. The Morgan fingerprint density at radius 1 is 0.684 bits per heavy atom. The Bertz CT molecular complexity index is 93.8. The van der Waals surface area contributed by atoms with Crippen LogP contribution in [0.1, 0.15) is 68.2 Å². The van der Waals surface area contributed by atoms with Crippen molar-refractivity contribution in [3.05, 3.63) is 13.8 Å². The first-order chi connectivity index (χ1) is 8.00. The van der Waals surface area contributed by atoms with Gasteiger partial charge in [0, 0.05) is 0 Å². The molecule has 19 heavy (non-hydrogen) atoms. The second kappa shape index (κ2) is 27.8. The molecular weight excluding hydrogens is 375 g/mol. The molecule has 0 rings (SSSR count). The Balaban J connectivity index is -0.0000000453. The average molecular weight is 411 g/mol. The molecule has 0 bridgehead atoms. The van der Waals surface area contributed by atoms with E-state index in [1.807, 2.05) is 13.8 Å². The smallest absolute Gasteiger partial charge is 0.789 e. The minimum absolute atomic E-state index is 0. The summed E-state index contributed by atoms with van der Waals surface area (Å²) in [6.07, 6.45) is 2.24. The van der Waals surface area contributed by atoms with Crippen molar-refractivity contribution < 1.29 is 0 Å². The summed E-state index contributed by atoms with van der Waals surface area (Å²) < 4.78 is 0. The van der Waals surface area contributed by atoms with Crippen LogP contribution in [0.25, 0.3) is 0 Å². The third-order valence-corrected chi connectivity index (χ3v) is 1.82. The monoisotopic (exact) mass is 412 g/mol. The van der Waals surface area contributed by atoms with Crippen LogP contribution in [-0.4, -0.2) is 34.4 Å². The van der Waals surface area contributed by atoms with Crippen molar-refractivity contribution >= 4 is 49.2 Å². The predicted octanol–water partition coefficient (Wildman–Crippen LogP) is 5.24. The zero-order chi connectivity index (χ0) is 15.7. The van der Waals surface area contributed by atoms with Gasteiger partial charge in [0.2, 0.25) is 0 Å². The second-order valence-electron chi connectivity index (χ2n) is 5.23. The SMILES string of the molecule is CCC(C)[S-].CCC(C)[S-].[CH2]C(C)C.[CH2]C(C)C.[Sn+2]. The van der Waals surface area contributed by atoms with E-state index < -0.39 is 0 Å². The number of hydrogen-bond acceptors (Lipinski definition) is 2. The van der Waals surface area contributed by atoms with Crippen molar-refractivity contribution in [2.24, 2.45) is 11.8 Å². The molecule has 2 unspecified atom stereocenters. The molecule has 0 aliphatic carbocycles. The van der Waals surface area contributed by atoms with E-state index in [2.05, 4.69) is 55.4 Å². The summed E-state index contributed by atoms with van der Waals surface area (Å²) in [6, 6.07) is 0. The minimum atomic E-state index is 0. The maximum atomic E-state index is 4.78. The fourth-order valence-corrected chi connectivity index (χ4v) is 0. The van der Waals surface area contributed by atoms with Crippen molar-refractivity contribution in [3.63, 3.8) is 0 Å². The van der Waals surface area contributed by atoms with E-state index in [-0.39, 0.29) is 23.9 Å². The molecule has 0 aromatic heterocycles. The van der Waals surface area contributed by atoms with Crippen LogP contribution in [0.2, 0.25) is 0 Å². The van der Waals surface area contributed by atoms with Crippen LogP contribution in [0, 0.1) is 25.7 Å². The van der Waals surface area contributed by atoms with Crippen molar-refractivity contribution in [2.45, 2.75) is 78.7 Å². The fraction of sp³-hybridized carbons (Fsp3) is 0.875. The molecule has 0 saturated heterocycles. The summed E-state index contributed by atoms with van der Waals surface area (Å²) in [5.74, 6) is 1.17. The first-order valence-corrected chi connectivity index (χ1v) is 7.93. The zero-order valence-electron chi connectivity index (χ0n) is 14.5. The molecule has 0 aromatic carbocycles. The van der Waals surface area contributed by atoms with Crippen LogP contribution in [0.4, 0.5) is 0 Å². The van der Waals surface area contributed by atoms with Crippen LogP contribution >= 0.6 is 0 Å². The van der Waals surface area contributed by atoms with Gasteiger partial charge in [-0.05, 0) is 11.8 Å². The molecule has 0 spiro atoms. The van der Waals surface area contributed by atoms with Crippen LogP contribution in [0.3, 0.4) is 0 Å². The third kappa shape index (κ3) is 197. The summed E-state index contributed by atoms with van der Waals surface area (Å²) in [5, 5.41) is 0.935. The molecule has 0 saturated carbocycles. The Labute approximate surface area is 153 Å². The molecule has 0 amide bonds. The van der Waals surface area contributed by atoms with Crippen molar-refractivity contribution in [1.82, 2.24) is 0 Å². The Kier molecular flexibility index (Phi) is 47.4. The quantitative estimate of drug-likeness (QED) is 0.451. The molecule has 0 heterocycles. The molecule has 0 N–H and O–H groups in total. The maximum Gasteiger partial charge on any atom is 2.00 e. The molecule has 2 atom stereocenters. The van der Waals surface area contributed by atoms with E-state index in [4.69, 9.17) is 25.3 Å². The summed E-state index contributed by atoms with van der Waals surface area (Å²) in [5.41, 5.74) is 0. The molecule has 0 aromatic rings. The van der Waals surface area contributed by atoms with Gasteiger partial charge in [-0.1, -0.05) is 82.1 Å². The molecule has 116 valence electrons. The van der Waals surface area contributed by atoms with Gasteiger partial charge in [-0.15, -0.1) is 0 Å². The van der Waals surface area contributed by atoms with Gasteiger partial charge in [-0.25, -0.2) is 0 Å². The molecular formula is C16H36S2Sn. The second-order valence-corrected chi connectivity index (χ2v) is 6.83. The van der Waals surface area contributed by atoms with Crippen LogP contribution < -0.4 is 0 Å². The average Bonchev–Trinajstić information content (AvgIpc) is 2.16. The van der Waals surface area contributed by atoms with E-state index in [0.717, 1.165) is 12.8 Å². The fourth-order valence-electron chi connectivity index (χ4n) is 0. The summed E-state index contributed by atoms with van der Waals surface area (Å²) in [4.78, 5) is 0. The van der Waals surface area contributed by atoms with Crippen LogP contribution in [-0.2, 0) is 25.3 Å². The molecule has 0 nitrogen and oxygen atoms in total. The number of rotatable bonds is 2. The first-order valence-electron chi connectivity index (χ1n) is 6.98. The number of hydrogen-bond donors (Lipinski definition) is 0. The van der Waals surface area contributed by atoms with Gasteiger partial charge in [0.05, 0.1) is 0 Å². The van der Waals surface area contributed by atoms with Gasteiger partial charge in [0.15, 0.2) is 0 Å². The van der Waals surface area contributed by atoms with Crippen LogP contribution in [0.5, 0.6) is 0 Å². The zero-order valence-corrected chi connectivity index (χ0v) is 18.9. The van der Waals surface area contributed by atoms with E-state index >= 15 is 0 Å². The minimum Gasteiger partial charge on any atom is -0.789 e. The van der Waals surface area contributed by atoms with Gasteiger partial charge in [0.1, 0.15) is 0 Å². The normalized spacial score (nSPS) is 11.7. The van der Waals surface area contributed by atoms with Gasteiger partial charge in [0.25, 0.3) is 0 Å². The van der Waals surface area contributed by atoms with Gasteiger partial charge >= 0.3 is 23.9 Å². The Morgan fingerprint density at radius 2 is 0.737 bits per heavy atom. The molecule has 0 aliphatic heterocycles. The third-order valence-electron chi connectivity index (χ3n) is 1.15. The Hall–Kier alpha value is 1.50. The van der Waals surface area contributed by atoms with Crippen molar-refractivity contribution in [3.8, 4) is 0 Å². The molecule has 3 heteroatoms. The summed E-state index contributed by atoms with van der Waals surface area (Å²) in [7, 11) is 0. The summed E-state index contributed by atoms with van der Waals surface area (Å²) >= 11 is 9.56. The van der Waals surface area contributed by atoms with Crippen LogP contribution in [0.15, 0.2) is 0 Å². The largest absolute Gasteiger partial charge is 2.00 e. The van der Waals surface area contributed by atoms with Gasteiger partial charge < -0.3 is 25.3 Å². The first kappa shape index (κ1) is 32.4. The van der Waals surface area contributed by atoms with Gasteiger partial charge in [-0.2, -0.15) is 10.5 Å². The van der Waals surface area contributed by atoms with Crippen molar-refractivity contribution in [2.75, 3.05) is 0 Å². The molecule has 0 fully saturated rings. The van der Waals surface area contributed by atoms with E-state index in [9.17, 15) is 0 Å². The Morgan fingerprint density at radius 3 is 0.737 bits per heavy atom. The predicted molar refractivity (Wildman–Crippen MR) is 100 cm³/mol. The van der Waals surface area contributed by atoms with Gasteiger partial charge in [-0.3, -0.25) is 0 Å².